The molecule has 0 spiro atoms. The van der Waals surface area contributed by atoms with E-state index in [1.54, 1.807) is 18.2 Å². The van der Waals surface area contributed by atoms with Crippen LogP contribution >= 0.6 is 0 Å². The number of hydrogen-bond acceptors (Lipinski definition) is 6. The van der Waals surface area contributed by atoms with E-state index in [0.29, 0.717) is 23.6 Å². The highest BCUT2D eigenvalue weighted by Gasteiger charge is 2.12. The number of carboxylic acid groups (broad SMARTS) is 1. The van der Waals surface area contributed by atoms with Gasteiger partial charge in [0, 0.05) is 11.5 Å². The fourth-order valence-corrected chi connectivity index (χ4v) is 1.81. The Morgan fingerprint density at radius 3 is 2.85 bits per heavy atom. The van der Waals surface area contributed by atoms with Gasteiger partial charge in [0.2, 0.25) is 5.82 Å². The number of rotatable bonds is 4. The van der Waals surface area contributed by atoms with Crippen molar-refractivity contribution < 1.29 is 14.4 Å². The number of carboxylic acids is 1. The largest absolute Gasteiger partial charge is 0.475 e. The molecular weight excluding hydrogens is 260 g/mol. The molecular formula is C13H10N4O3. The number of nitrogens with one attached hydrogen (secondary N) is 1. The molecule has 20 heavy (non-hydrogen) atoms. The number of aromatic carboxylic acids is 1. The molecule has 0 radical (unpaired) electrons. The highest BCUT2D eigenvalue weighted by molar-refractivity contribution is 5.93. The standard InChI is InChI=1S/C13H10N4O3/c18-13(19)12-16-10-4-2-1-3-9(10)11(17-12)14-7-8-5-6-15-20-8/h1-6H,7H2,(H,18,19)(H,14,16,17). The van der Waals surface area contributed by atoms with Crippen molar-refractivity contribution in [3.63, 3.8) is 0 Å². The predicted molar refractivity (Wildman–Crippen MR) is 70.3 cm³/mol. The molecule has 0 bridgehead atoms. The molecule has 7 heteroatoms. The Kier molecular flexibility index (Phi) is 3.00. The Bertz CT molecular complexity index is 755. The van der Waals surface area contributed by atoms with E-state index in [1.807, 2.05) is 12.1 Å². The van der Waals surface area contributed by atoms with Crippen molar-refractivity contribution in [3.8, 4) is 0 Å². The third kappa shape index (κ3) is 2.28. The molecule has 2 heterocycles. The zero-order chi connectivity index (χ0) is 13.9. The molecule has 7 nitrogen and oxygen atoms in total. The van der Waals surface area contributed by atoms with Crippen LogP contribution in [0.5, 0.6) is 0 Å². The summed E-state index contributed by atoms with van der Waals surface area (Å²) in [5.74, 6) is -0.337. The van der Waals surface area contributed by atoms with Gasteiger partial charge >= 0.3 is 5.97 Å². The first kappa shape index (κ1) is 12.1. The third-order valence-corrected chi connectivity index (χ3v) is 2.72. The van der Waals surface area contributed by atoms with Crippen molar-refractivity contribution in [2.75, 3.05) is 5.32 Å². The molecule has 3 aromatic rings. The lowest BCUT2D eigenvalue weighted by atomic mass is 10.2. The molecule has 2 aromatic heterocycles. The van der Waals surface area contributed by atoms with E-state index in [9.17, 15) is 4.79 Å². The molecule has 0 saturated heterocycles. The van der Waals surface area contributed by atoms with Gasteiger partial charge in [-0.05, 0) is 12.1 Å². The number of fused-ring (bicyclic) bond motifs is 1. The summed E-state index contributed by atoms with van der Waals surface area (Å²) in [4.78, 5) is 19.1. The van der Waals surface area contributed by atoms with Crippen molar-refractivity contribution in [1.29, 1.82) is 0 Å². The van der Waals surface area contributed by atoms with Gasteiger partial charge in [-0.2, -0.15) is 0 Å². The molecule has 2 N–H and O–H groups in total. The van der Waals surface area contributed by atoms with Crippen LogP contribution in [0.3, 0.4) is 0 Å². The lowest BCUT2D eigenvalue weighted by Gasteiger charge is -2.08. The van der Waals surface area contributed by atoms with Crippen LogP contribution in [0.4, 0.5) is 5.82 Å². The first-order valence-corrected chi connectivity index (χ1v) is 5.87. The summed E-state index contributed by atoms with van der Waals surface area (Å²) >= 11 is 0. The molecule has 0 unspecified atom stereocenters. The van der Waals surface area contributed by atoms with Crippen molar-refractivity contribution >= 4 is 22.7 Å². The van der Waals surface area contributed by atoms with E-state index < -0.39 is 5.97 Å². The molecule has 0 amide bonds. The van der Waals surface area contributed by atoms with Crippen molar-refractivity contribution in [2.45, 2.75) is 6.54 Å². The van der Waals surface area contributed by atoms with Crippen LogP contribution in [0.2, 0.25) is 0 Å². The van der Waals surface area contributed by atoms with E-state index in [-0.39, 0.29) is 5.82 Å². The second-order valence-corrected chi connectivity index (χ2v) is 4.05. The summed E-state index contributed by atoms with van der Waals surface area (Å²) in [5, 5.41) is 16.4. The number of benzene rings is 1. The molecule has 0 fully saturated rings. The highest BCUT2D eigenvalue weighted by Crippen LogP contribution is 2.20. The molecule has 0 aliphatic carbocycles. The number of nitrogens with zero attached hydrogens (tertiary/aromatic N) is 3. The summed E-state index contributed by atoms with van der Waals surface area (Å²) in [6, 6.07) is 8.91. The van der Waals surface area contributed by atoms with Gasteiger partial charge in [-0.25, -0.2) is 14.8 Å². The van der Waals surface area contributed by atoms with Crippen LogP contribution < -0.4 is 5.32 Å². The number of carbonyl (C=O) groups is 1. The molecule has 3 rings (SSSR count). The maximum absolute atomic E-state index is 11.0. The summed E-state index contributed by atoms with van der Waals surface area (Å²) in [7, 11) is 0. The van der Waals surface area contributed by atoms with Gasteiger partial charge in [-0.3, -0.25) is 0 Å². The quantitative estimate of drug-likeness (QED) is 0.746. The van der Waals surface area contributed by atoms with Crippen LogP contribution in [0.25, 0.3) is 10.9 Å². The first-order valence-electron chi connectivity index (χ1n) is 5.87. The van der Waals surface area contributed by atoms with Crippen LogP contribution in [-0.2, 0) is 6.54 Å². The number of aromatic nitrogens is 3. The maximum Gasteiger partial charge on any atom is 0.374 e. The Hall–Kier alpha value is -2.96. The fourth-order valence-electron chi connectivity index (χ4n) is 1.81. The van der Waals surface area contributed by atoms with Gasteiger partial charge in [-0.1, -0.05) is 17.3 Å². The summed E-state index contributed by atoms with van der Waals surface area (Å²) < 4.78 is 4.97. The molecule has 0 saturated carbocycles. The molecule has 100 valence electrons. The van der Waals surface area contributed by atoms with Gasteiger partial charge in [-0.15, -0.1) is 0 Å². The predicted octanol–water partition coefficient (Wildman–Crippen LogP) is 1.93. The van der Waals surface area contributed by atoms with Gasteiger partial charge in [0.25, 0.3) is 0 Å². The lowest BCUT2D eigenvalue weighted by Crippen LogP contribution is -2.09. The maximum atomic E-state index is 11.0. The molecule has 0 aliphatic rings. The smallest absolute Gasteiger partial charge is 0.374 e. The summed E-state index contributed by atoms with van der Waals surface area (Å²) in [6.07, 6.45) is 1.54. The zero-order valence-corrected chi connectivity index (χ0v) is 10.3. The Labute approximate surface area is 113 Å². The molecule has 0 aliphatic heterocycles. The van der Waals surface area contributed by atoms with Crippen molar-refractivity contribution in [1.82, 2.24) is 15.1 Å². The van der Waals surface area contributed by atoms with Crippen LogP contribution in [-0.4, -0.2) is 26.2 Å². The van der Waals surface area contributed by atoms with Crippen molar-refractivity contribution in [2.24, 2.45) is 0 Å². The van der Waals surface area contributed by atoms with Crippen molar-refractivity contribution in [3.05, 3.63) is 48.1 Å². The monoisotopic (exact) mass is 270 g/mol. The topological polar surface area (TPSA) is 101 Å². The van der Waals surface area contributed by atoms with E-state index in [0.717, 1.165) is 5.39 Å². The SMILES string of the molecule is O=C(O)c1nc(NCc2ccno2)c2ccccc2n1. The minimum Gasteiger partial charge on any atom is -0.475 e. The number of anilines is 1. The van der Waals surface area contributed by atoms with Gasteiger partial charge in [0.15, 0.2) is 5.76 Å². The van der Waals surface area contributed by atoms with E-state index in [2.05, 4.69) is 20.4 Å². The van der Waals surface area contributed by atoms with E-state index in [4.69, 9.17) is 9.63 Å². The first-order chi connectivity index (χ1) is 9.74. The average Bonchev–Trinajstić information content (AvgIpc) is 2.97. The van der Waals surface area contributed by atoms with Gasteiger partial charge < -0.3 is 14.9 Å². The van der Waals surface area contributed by atoms with Gasteiger partial charge in [0.05, 0.1) is 18.3 Å². The Balaban J connectivity index is 2.00. The minimum absolute atomic E-state index is 0.247. The Morgan fingerprint density at radius 1 is 1.25 bits per heavy atom. The van der Waals surface area contributed by atoms with Crippen LogP contribution in [0.1, 0.15) is 16.4 Å². The molecule has 0 atom stereocenters. The van der Waals surface area contributed by atoms with Crippen LogP contribution in [0, 0.1) is 0 Å². The van der Waals surface area contributed by atoms with Gasteiger partial charge in [0.1, 0.15) is 5.82 Å². The summed E-state index contributed by atoms with van der Waals surface area (Å²) in [6.45, 7) is 0.361. The second-order valence-electron chi connectivity index (χ2n) is 4.05. The molecule has 1 aromatic carbocycles. The Morgan fingerprint density at radius 2 is 2.10 bits per heavy atom. The normalized spacial score (nSPS) is 10.6. The minimum atomic E-state index is -1.17. The highest BCUT2D eigenvalue weighted by atomic mass is 16.5. The van der Waals surface area contributed by atoms with E-state index in [1.165, 1.54) is 6.20 Å². The number of para-hydroxylation sites is 1. The fraction of sp³-hybridized carbons (Fsp3) is 0.0769. The third-order valence-electron chi connectivity index (χ3n) is 2.72. The van der Waals surface area contributed by atoms with Crippen LogP contribution in [0.15, 0.2) is 41.1 Å². The zero-order valence-electron chi connectivity index (χ0n) is 10.3. The van der Waals surface area contributed by atoms with E-state index >= 15 is 0 Å². The lowest BCUT2D eigenvalue weighted by molar-refractivity contribution is 0.0684. The number of hydrogen-bond donors (Lipinski definition) is 2. The second kappa shape index (κ2) is 4.96. The summed E-state index contributed by atoms with van der Waals surface area (Å²) in [5.41, 5.74) is 0.569. The average molecular weight is 270 g/mol.